The van der Waals surface area contributed by atoms with Crippen LogP contribution in [-0.4, -0.2) is 0 Å². The van der Waals surface area contributed by atoms with E-state index in [1.54, 1.807) is 0 Å². The molecule has 0 bridgehead atoms. The molecule has 2 nitrogen and oxygen atoms in total. The summed E-state index contributed by atoms with van der Waals surface area (Å²) in [5.41, 5.74) is 5.30. The number of hydrogen-bond acceptors (Lipinski definition) is 2. The summed E-state index contributed by atoms with van der Waals surface area (Å²) in [6.07, 6.45) is 0. The maximum Gasteiger partial charge on any atom is 0.352 e. The van der Waals surface area contributed by atoms with Crippen LogP contribution >= 0.6 is 22.7 Å². The van der Waals surface area contributed by atoms with Gasteiger partial charge in [-0.2, -0.15) is 0 Å². The normalized spacial score (nSPS) is 12.0. The standard InChI is InChI=1S/C16H16N2S2/c1-9-11(3)19-15-16-18(10(2)12(4)20-16)14-8-6-5-7-13(14)17(9)15/h5-8H,1-4H3/q+2. The van der Waals surface area contributed by atoms with Crippen LogP contribution in [0.3, 0.4) is 0 Å². The SMILES string of the molecule is Cc1sc2c3sc(C)c(C)[n+]3c3ccccc3[n+]2c1C. The van der Waals surface area contributed by atoms with Crippen molar-refractivity contribution in [2.24, 2.45) is 0 Å². The van der Waals surface area contributed by atoms with E-state index in [2.05, 4.69) is 60.8 Å². The van der Waals surface area contributed by atoms with Gasteiger partial charge in [0.2, 0.25) is 0 Å². The summed E-state index contributed by atoms with van der Waals surface area (Å²) >= 11 is 3.80. The molecule has 0 aliphatic heterocycles. The number of benzene rings is 1. The van der Waals surface area contributed by atoms with Crippen molar-refractivity contribution in [2.45, 2.75) is 27.7 Å². The summed E-state index contributed by atoms with van der Waals surface area (Å²) in [7, 11) is 0. The van der Waals surface area contributed by atoms with Crippen molar-refractivity contribution < 1.29 is 8.80 Å². The molecule has 20 heavy (non-hydrogen) atoms. The number of aromatic nitrogens is 2. The Hall–Kier alpha value is -1.52. The molecule has 1 aromatic carbocycles. The monoisotopic (exact) mass is 300 g/mol. The molecule has 0 spiro atoms. The zero-order chi connectivity index (χ0) is 14.0. The Balaban J connectivity index is 2.48. The zero-order valence-electron chi connectivity index (χ0n) is 12.0. The van der Waals surface area contributed by atoms with E-state index < -0.39 is 0 Å². The van der Waals surface area contributed by atoms with E-state index in [9.17, 15) is 0 Å². The predicted molar refractivity (Wildman–Crippen MR) is 85.0 cm³/mol. The Bertz CT molecular complexity index is 911. The summed E-state index contributed by atoms with van der Waals surface area (Å²) in [5, 5.41) is 0. The van der Waals surface area contributed by atoms with Gasteiger partial charge in [-0.25, -0.2) is 0 Å². The molecule has 0 atom stereocenters. The number of para-hydroxylation sites is 2. The fraction of sp³-hybridized carbons (Fsp3) is 0.250. The number of nitrogens with zero attached hydrogens (tertiary/aromatic N) is 2. The minimum Gasteiger partial charge on any atom is -0.135 e. The highest BCUT2D eigenvalue weighted by molar-refractivity contribution is 7.24. The molecule has 0 N–H and O–H groups in total. The number of thiazole rings is 2. The van der Waals surface area contributed by atoms with Crippen LogP contribution in [0.5, 0.6) is 0 Å². The average Bonchev–Trinajstić information content (AvgIpc) is 2.90. The molecule has 0 aliphatic rings. The number of fused-ring (bicyclic) bond motifs is 6. The molecular weight excluding hydrogens is 284 g/mol. The van der Waals surface area contributed by atoms with Gasteiger partial charge in [-0.05, 0) is 13.8 Å². The van der Waals surface area contributed by atoms with Crippen LogP contribution in [0.4, 0.5) is 0 Å². The number of aryl methyl sites for hydroxylation is 4. The quantitative estimate of drug-likeness (QED) is 0.438. The third kappa shape index (κ3) is 1.38. The molecule has 4 heteroatoms. The summed E-state index contributed by atoms with van der Waals surface area (Å²) in [6.45, 7) is 8.86. The minimum atomic E-state index is 1.29. The Labute approximate surface area is 125 Å². The van der Waals surface area contributed by atoms with Crippen LogP contribution in [-0.2, 0) is 0 Å². The van der Waals surface area contributed by atoms with Gasteiger partial charge in [0, 0.05) is 26.0 Å². The Morgan fingerprint density at radius 1 is 0.700 bits per heavy atom. The van der Waals surface area contributed by atoms with Gasteiger partial charge < -0.3 is 0 Å². The maximum atomic E-state index is 2.42. The third-order valence-electron chi connectivity index (χ3n) is 4.14. The molecule has 3 aromatic heterocycles. The molecule has 3 heterocycles. The van der Waals surface area contributed by atoms with E-state index in [1.807, 2.05) is 22.7 Å². The van der Waals surface area contributed by atoms with Crippen LogP contribution in [0.25, 0.3) is 20.7 Å². The summed E-state index contributed by atoms with van der Waals surface area (Å²) in [6, 6.07) is 8.70. The summed E-state index contributed by atoms with van der Waals surface area (Å²) in [4.78, 5) is 5.51. The van der Waals surface area contributed by atoms with E-state index >= 15 is 0 Å². The lowest BCUT2D eigenvalue weighted by Gasteiger charge is -1.93. The van der Waals surface area contributed by atoms with Crippen LogP contribution < -0.4 is 8.80 Å². The van der Waals surface area contributed by atoms with Gasteiger partial charge in [-0.15, -0.1) is 8.80 Å². The van der Waals surface area contributed by atoms with E-state index in [4.69, 9.17) is 0 Å². The summed E-state index contributed by atoms with van der Waals surface area (Å²) < 4.78 is 4.83. The first-order valence-electron chi connectivity index (χ1n) is 6.74. The second-order valence-corrected chi connectivity index (χ2v) is 7.66. The van der Waals surface area contributed by atoms with Gasteiger partial charge in [0.1, 0.15) is 0 Å². The highest BCUT2D eigenvalue weighted by Crippen LogP contribution is 2.27. The lowest BCUT2D eigenvalue weighted by Crippen LogP contribution is -2.34. The zero-order valence-corrected chi connectivity index (χ0v) is 13.7. The highest BCUT2D eigenvalue weighted by atomic mass is 32.1. The molecule has 0 fully saturated rings. The molecule has 0 radical (unpaired) electrons. The molecule has 0 saturated carbocycles. The van der Waals surface area contributed by atoms with Crippen LogP contribution in [0.15, 0.2) is 24.3 Å². The van der Waals surface area contributed by atoms with Gasteiger partial charge in [0.25, 0.3) is 11.0 Å². The van der Waals surface area contributed by atoms with Gasteiger partial charge >= 0.3 is 9.66 Å². The van der Waals surface area contributed by atoms with E-state index in [-0.39, 0.29) is 0 Å². The maximum absolute atomic E-state index is 2.42. The van der Waals surface area contributed by atoms with Crippen LogP contribution in [0.1, 0.15) is 21.1 Å². The first-order valence-corrected chi connectivity index (χ1v) is 8.37. The van der Waals surface area contributed by atoms with Crippen molar-refractivity contribution in [1.82, 2.24) is 0 Å². The third-order valence-corrected chi connectivity index (χ3v) is 6.61. The smallest absolute Gasteiger partial charge is 0.135 e. The number of hydrogen-bond donors (Lipinski definition) is 0. The largest absolute Gasteiger partial charge is 0.352 e. The van der Waals surface area contributed by atoms with Gasteiger partial charge in [0.05, 0.1) is 9.75 Å². The second-order valence-electron chi connectivity index (χ2n) is 5.26. The molecule has 0 unspecified atom stereocenters. The molecule has 0 aliphatic carbocycles. The van der Waals surface area contributed by atoms with Crippen molar-refractivity contribution in [2.75, 3.05) is 0 Å². The Morgan fingerprint density at radius 3 is 1.50 bits per heavy atom. The van der Waals surface area contributed by atoms with Crippen molar-refractivity contribution in [1.29, 1.82) is 0 Å². The van der Waals surface area contributed by atoms with Gasteiger partial charge in [-0.1, -0.05) is 34.8 Å². The lowest BCUT2D eigenvalue weighted by atomic mass is 10.2. The second kappa shape index (κ2) is 3.99. The molecule has 100 valence electrons. The van der Waals surface area contributed by atoms with Crippen molar-refractivity contribution in [3.8, 4) is 0 Å². The molecule has 0 amide bonds. The van der Waals surface area contributed by atoms with Crippen LogP contribution in [0.2, 0.25) is 0 Å². The predicted octanol–water partition coefficient (Wildman–Crippen LogP) is 3.67. The van der Waals surface area contributed by atoms with Gasteiger partial charge in [-0.3, -0.25) is 0 Å². The Kier molecular flexibility index (Phi) is 2.44. The fourth-order valence-corrected chi connectivity index (χ4v) is 5.17. The van der Waals surface area contributed by atoms with E-state index in [0.717, 1.165) is 0 Å². The average molecular weight is 300 g/mol. The van der Waals surface area contributed by atoms with E-state index in [1.165, 1.54) is 41.8 Å². The van der Waals surface area contributed by atoms with Crippen molar-refractivity contribution in [3.05, 3.63) is 45.4 Å². The van der Waals surface area contributed by atoms with Gasteiger partial charge in [0.15, 0.2) is 11.4 Å². The highest BCUT2D eigenvalue weighted by Gasteiger charge is 2.31. The molecule has 4 rings (SSSR count). The molecule has 4 aromatic rings. The van der Waals surface area contributed by atoms with Crippen molar-refractivity contribution in [3.63, 3.8) is 0 Å². The Morgan fingerprint density at radius 2 is 1.10 bits per heavy atom. The van der Waals surface area contributed by atoms with Crippen LogP contribution in [0, 0.1) is 27.7 Å². The summed E-state index contributed by atoms with van der Waals surface area (Å²) in [5.74, 6) is 0. The number of rotatable bonds is 0. The van der Waals surface area contributed by atoms with Crippen molar-refractivity contribution >= 4 is 43.4 Å². The fourth-order valence-electron chi connectivity index (χ4n) is 2.85. The van der Waals surface area contributed by atoms with E-state index in [0.29, 0.717) is 0 Å². The lowest BCUT2D eigenvalue weighted by molar-refractivity contribution is -0.528. The topological polar surface area (TPSA) is 8.20 Å². The first kappa shape index (κ1) is 12.2. The minimum absolute atomic E-state index is 1.29. The molecular formula is C16H16N2S2+2. The molecule has 0 saturated heterocycles. The first-order chi connectivity index (χ1) is 9.59.